The third-order valence-electron chi connectivity index (χ3n) is 3.95. The standard InChI is InChI=1S/C16H19ClFNO4/c17-12-3-2-11(9-13(12)18)15(16(21)22)19-14(20)4-1-10-5-7-23-8-6-10/h2-3,9-10,15H,1,4-8H2,(H,19,20)(H,21,22). The summed E-state index contributed by atoms with van der Waals surface area (Å²) in [5.74, 6) is -1.90. The van der Waals surface area contributed by atoms with Crippen LogP contribution >= 0.6 is 11.6 Å². The number of carbonyl (C=O) groups excluding carboxylic acids is 1. The van der Waals surface area contributed by atoms with Crippen molar-refractivity contribution in [1.29, 1.82) is 0 Å². The molecule has 1 aliphatic heterocycles. The van der Waals surface area contributed by atoms with Crippen molar-refractivity contribution < 1.29 is 23.8 Å². The van der Waals surface area contributed by atoms with Crippen LogP contribution in [0.3, 0.4) is 0 Å². The Morgan fingerprint density at radius 2 is 2.09 bits per heavy atom. The van der Waals surface area contributed by atoms with Crippen LogP contribution < -0.4 is 5.32 Å². The molecule has 126 valence electrons. The number of halogens is 2. The maximum absolute atomic E-state index is 13.5. The molecule has 0 saturated carbocycles. The number of carbonyl (C=O) groups is 2. The summed E-state index contributed by atoms with van der Waals surface area (Å²) in [5.41, 5.74) is 0.152. The van der Waals surface area contributed by atoms with Gasteiger partial charge in [-0.1, -0.05) is 17.7 Å². The van der Waals surface area contributed by atoms with E-state index in [1.165, 1.54) is 12.1 Å². The number of hydrogen-bond acceptors (Lipinski definition) is 3. The Labute approximate surface area is 138 Å². The first-order chi connectivity index (χ1) is 11.0. The highest BCUT2D eigenvalue weighted by atomic mass is 35.5. The zero-order valence-electron chi connectivity index (χ0n) is 12.6. The van der Waals surface area contributed by atoms with Crippen LogP contribution in [0.15, 0.2) is 18.2 Å². The summed E-state index contributed by atoms with van der Waals surface area (Å²) in [6.07, 6.45) is 2.76. The van der Waals surface area contributed by atoms with Crippen LogP contribution in [-0.4, -0.2) is 30.2 Å². The van der Waals surface area contributed by atoms with Gasteiger partial charge in [-0.05, 0) is 42.9 Å². The van der Waals surface area contributed by atoms with Crippen LogP contribution in [0, 0.1) is 11.7 Å². The van der Waals surface area contributed by atoms with Gasteiger partial charge in [0.2, 0.25) is 5.91 Å². The molecule has 5 nitrogen and oxygen atoms in total. The van der Waals surface area contributed by atoms with E-state index in [9.17, 15) is 19.1 Å². The fourth-order valence-electron chi connectivity index (χ4n) is 2.58. The maximum Gasteiger partial charge on any atom is 0.330 e. The predicted octanol–water partition coefficient (Wildman–Crippen LogP) is 2.93. The molecule has 0 spiro atoms. The van der Waals surface area contributed by atoms with E-state index in [-0.39, 0.29) is 22.9 Å². The minimum Gasteiger partial charge on any atom is -0.479 e. The number of aliphatic carboxylic acids is 1. The summed E-state index contributed by atoms with van der Waals surface area (Å²) in [7, 11) is 0. The molecule has 1 fully saturated rings. The van der Waals surface area contributed by atoms with E-state index in [0.717, 1.165) is 18.9 Å². The van der Waals surface area contributed by atoms with E-state index in [2.05, 4.69) is 5.32 Å². The number of carboxylic acid groups (broad SMARTS) is 1. The maximum atomic E-state index is 13.5. The average Bonchev–Trinajstić information content (AvgIpc) is 2.54. The highest BCUT2D eigenvalue weighted by molar-refractivity contribution is 6.30. The fourth-order valence-corrected chi connectivity index (χ4v) is 2.70. The summed E-state index contributed by atoms with van der Waals surface area (Å²) in [6.45, 7) is 1.40. The Morgan fingerprint density at radius 1 is 1.39 bits per heavy atom. The molecule has 1 amide bonds. The second-order valence-corrected chi connectivity index (χ2v) is 6.01. The molecule has 1 heterocycles. The fraction of sp³-hybridized carbons (Fsp3) is 0.500. The Hall–Kier alpha value is -1.66. The zero-order valence-corrected chi connectivity index (χ0v) is 13.3. The van der Waals surface area contributed by atoms with Crippen LogP contribution in [0.2, 0.25) is 5.02 Å². The Bertz CT molecular complexity index is 575. The molecule has 1 atom stereocenters. The van der Waals surface area contributed by atoms with Crippen LogP contribution in [0.25, 0.3) is 0 Å². The van der Waals surface area contributed by atoms with Gasteiger partial charge in [0.05, 0.1) is 5.02 Å². The molecule has 0 aromatic heterocycles. The predicted molar refractivity (Wildman–Crippen MR) is 82.7 cm³/mol. The SMILES string of the molecule is O=C(CCC1CCOCC1)NC(C(=O)O)c1ccc(Cl)c(F)c1. The summed E-state index contributed by atoms with van der Waals surface area (Å²) in [6, 6.07) is 2.41. The summed E-state index contributed by atoms with van der Waals surface area (Å²) < 4.78 is 18.7. The van der Waals surface area contributed by atoms with E-state index >= 15 is 0 Å². The molecule has 1 aromatic carbocycles. The molecule has 2 rings (SSSR count). The first kappa shape index (κ1) is 17.7. The summed E-state index contributed by atoms with van der Waals surface area (Å²) in [4.78, 5) is 23.4. The second kappa shape index (κ2) is 8.26. The minimum atomic E-state index is -1.29. The Balaban J connectivity index is 1.94. The third kappa shape index (κ3) is 5.18. The molecular weight excluding hydrogens is 325 g/mol. The summed E-state index contributed by atoms with van der Waals surface area (Å²) >= 11 is 5.59. The van der Waals surface area contributed by atoms with Crippen molar-refractivity contribution in [1.82, 2.24) is 5.32 Å². The van der Waals surface area contributed by atoms with E-state index in [1.54, 1.807) is 0 Å². The van der Waals surface area contributed by atoms with E-state index in [0.29, 0.717) is 25.6 Å². The highest BCUT2D eigenvalue weighted by Crippen LogP contribution is 2.22. The molecule has 1 aromatic rings. The van der Waals surface area contributed by atoms with Gasteiger partial charge in [0, 0.05) is 19.6 Å². The highest BCUT2D eigenvalue weighted by Gasteiger charge is 2.23. The van der Waals surface area contributed by atoms with Gasteiger partial charge in [-0.3, -0.25) is 4.79 Å². The molecule has 2 N–H and O–H groups in total. The Morgan fingerprint density at radius 3 is 2.70 bits per heavy atom. The minimum absolute atomic E-state index is 0.0938. The van der Waals surface area contributed by atoms with Gasteiger partial charge >= 0.3 is 5.97 Å². The van der Waals surface area contributed by atoms with Crippen LogP contribution in [0.1, 0.15) is 37.3 Å². The Kier molecular flexibility index (Phi) is 6.36. The number of nitrogens with one attached hydrogen (secondary N) is 1. The van der Waals surface area contributed by atoms with Gasteiger partial charge in [-0.2, -0.15) is 0 Å². The molecule has 1 saturated heterocycles. The lowest BCUT2D eigenvalue weighted by atomic mass is 9.94. The van der Waals surface area contributed by atoms with E-state index in [4.69, 9.17) is 16.3 Å². The van der Waals surface area contributed by atoms with Crippen LogP contribution in [0.5, 0.6) is 0 Å². The van der Waals surface area contributed by atoms with Gasteiger partial charge in [-0.25, -0.2) is 9.18 Å². The van der Waals surface area contributed by atoms with Crippen molar-refractivity contribution in [3.05, 3.63) is 34.6 Å². The largest absolute Gasteiger partial charge is 0.479 e. The smallest absolute Gasteiger partial charge is 0.330 e. The first-order valence-electron chi connectivity index (χ1n) is 7.52. The topological polar surface area (TPSA) is 75.6 Å². The lowest BCUT2D eigenvalue weighted by Crippen LogP contribution is -2.34. The molecular formula is C16H19ClFNO4. The van der Waals surface area contributed by atoms with Crippen molar-refractivity contribution in [2.24, 2.45) is 5.92 Å². The lowest BCUT2D eigenvalue weighted by Gasteiger charge is -2.22. The van der Waals surface area contributed by atoms with Crippen molar-refractivity contribution in [3.8, 4) is 0 Å². The van der Waals surface area contributed by atoms with E-state index in [1.807, 2.05) is 0 Å². The number of rotatable bonds is 6. The van der Waals surface area contributed by atoms with Gasteiger partial charge in [0.1, 0.15) is 5.82 Å². The van der Waals surface area contributed by atoms with Gasteiger partial charge < -0.3 is 15.2 Å². The average molecular weight is 344 g/mol. The molecule has 1 aliphatic rings. The van der Waals surface area contributed by atoms with Crippen LogP contribution in [-0.2, 0) is 14.3 Å². The lowest BCUT2D eigenvalue weighted by molar-refractivity contribution is -0.142. The van der Waals surface area contributed by atoms with Gasteiger partial charge in [0.15, 0.2) is 6.04 Å². The van der Waals surface area contributed by atoms with Crippen molar-refractivity contribution in [2.75, 3.05) is 13.2 Å². The zero-order chi connectivity index (χ0) is 16.8. The van der Waals surface area contributed by atoms with Crippen molar-refractivity contribution in [2.45, 2.75) is 31.7 Å². The molecule has 0 radical (unpaired) electrons. The second-order valence-electron chi connectivity index (χ2n) is 5.61. The molecule has 0 bridgehead atoms. The third-order valence-corrected chi connectivity index (χ3v) is 4.26. The molecule has 23 heavy (non-hydrogen) atoms. The quantitative estimate of drug-likeness (QED) is 0.832. The molecule has 0 aliphatic carbocycles. The van der Waals surface area contributed by atoms with Crippen LogP contribution in [0.4, 0.5) is 4.39 Å². The number of amides is 1. The monoisotopic (exact) mass is 343 g/mol. The van der Waals surface area contributed by atoms with Crippen molar-refractivity contribution in [3.63, 3.8) is 0 Å². The van der Waals surface area contributed by atoms with E-state index < -0.39 is 17.8 Å². The number of carboxylic acids is 1. The summed E-state index contributed by atoms with van der Waals surface area (Å²) in [5, 5.41) is 11.6. The number of ether oxygens (including phenoxy) is 1. The van der Waals surface area contributed by atoms with Gasteiger partial charge in [-0.15, -0.1) is 0 Å². The van der Waals surface area contributed by atoms with Crippen molar-refractivity contribution >= 4 is 23.5 Å². The first-order valence-corrected chi connectivity index (χ1v) is 7.90. The van der Waals surface area contributed by atoms with Gasteiger partial charge in [0.25, 0.3) is 0 Å². The number of hydrogen-bond donors (Lipinski definition) is 2. The molecule has 7 heteroatoms. The molecule has 1 unspecified atom stereocenters. The normalized spacial score (nSPS) is 16.8. The number of benzene rings is 1.